The monoisotopic (exact) mass is 373 g/mol. The van der Waals surface area contributed by atoms with Gasteiger partial charge in [0.2, 0.25) is 0 Å². The summed E-state index contributed by atoms with van der Waals surface area (Å²) in [4.78, 5) is 20.2. The van der Waals surface area contributed by atoms with Gasteiger partial charge in [0.15, 0.2) is 0 Å². The molecule has 0 bridgehead atoms. The molecule has 0 aromatic rings. The first-order valence-corrected chi connectivity index (χ1v) is 9.97. The van der Waals surface area contributed by atoms with Crippen molar-refractivity contribution in [1.82, 2.24) is 5.32 Å². The van der Waals surface area contributed by atoms with Crippen LogP contribution in [-0.2, 0) is 14.3 Å². The van der Waals surface area contributed by atoms with Gasteiger partial charge < -0.3 is 20.3 Å². The van der Waals surface area contributed by atoms with Gasteiger partial charge in [0, 0.05) is 18.7 Å². The molecule has 0 amide bonds. The normalized spacial score (nSPS) is 10.4. The van der Waals surface area contributed by atoms with E-state index in [9.17, 15) is 9.59 Å². The van der Waals surface area contributed by atoms with Crippen molar-refractivity contribution in [3.05, 3.63) is 12.2 Å². The first kappa shape index (κ1) is 26.8. The third-order valence-corrected chi connectivity index (χ3v) is 3.64. The van der Waals surface area contributed by atoms with Gasteiger partial charge in [-0.1, -0.05) is 64.7 Å². The van der Waals surface area contributed by atoms with Crippen LogP contribution in [0.4, 0.5) is 0 Å². The second-order valence-electron chi connectivity index (χ2n) is 6.08. The average Bonchev–Trinajstić information content (AvgIpc) is 2.62. The fourth-order valence-corrected chi connectivity index (χ4v) is 2.27. The Labute approximate surface area is 159 Å². The van der Waals surface area contributed by atoms with E-state index in [1.807, 2.05) is 0 Å². The molecule has 0 saturated heterocycles. The molecule has 0 radical (unpaired) electrons. The smallest absolute Gasteiger partial charge is 0.330 e. The Morgan fingerprint density at radius 2 is 1.38 bits per heavy atom. The number of esters is 1. The molecule has 3 N–H and O–H groups in total. The predicted molar refractivity (Wildman–Crippen MR) is 105 cm³/mol. The summed E-state index contributed by atoms with van der Waals surface area (Å²) in [5.41, 5.74) is 0. The van der Waals surface area contributed by atoms with Crippen LogP contribution >= 0.6 is 0 Å². The maximum atomic E-state index is 10.4. The summed E-state index contributed by atoms with van der Waals surface area (Å²) >= 11 is 0. The minimum atomic E-state index is -1.16. The molecule has 6 nitrogen and oxygen atoms in total. The van der Waals surface area contributed by atoms with Crippen molar-refractivity contribution < 1.29 is 24.5 Å². The second-order valence-corrected chi connectivity index (χ2v) is 6.08. The minimum absolute atomic E-state index is 0.253. The molecule has 6 heteroatoms. The quantitative estimate of drug-likeness (QED) is 0.217. The highest BCUT2D eigenvalue weighted by Crippen LogP contribution is 2.10. The first-order chi connectivity index (χ1) is 12.6. The zero-order chi connectivity index (χ0) is 19.9. The summed E-state index contributed by atoms with van der Waals surface area (Å²) in [6.45, 7) is 6.24. The zero-order valence-electron chi connectivity index (χ0n) is 16.7. The first-order valence-electron chi connectivity index (χ1n) is 9.97. The number of unbranched alkanes of at least 4 members (excludes halogenated alkanes) is 9. The lowest BCUT2D eigenvalue weighted by Crippen LogP contribution is -2.19. The molecule has 0 aliphatic rings. The van der Waals surface area contributed by atoms with Crippen LogP contribution in [0.3, 0.4) is 0 Å². The molecule has 0 unspecified atom stereocenters. The average molecular weight is 374 g/mol. The van der Waals surface area contributed by atoms with Gasteiger partial charge in [-0.05, 0) is 19.9 Å². The highest BCUT2D eigenvalue weighted by atomic mass is 16.5. The number of carboxylic acids is 1. The molecule has 0 aromatic heterocycles. The zero-order valence-corrected chi connectivity index (χ0v) is 16.7. The lowest BCUT2D eigenvalue weighted by atomic mass is 10.1. The van der Waals surface area contributed by atoms with E-state index in [1.54, 1.807) is 6.92 Å². The summed E-state index contributed by atoms with van der Waals surface area (Å²) in [6, 6.07) is 0. The van der Waals surface area contributed by atoms with Crippen LogP contribution in [-0.4, -0.2) is 48.5 Å². The summed E-state index contributed by atoms with van der Waals surface area (Å²) in [7, 11) is 0. The number of carboxylic acid groups (broad SMARTS) is 1. The van der Waals surface area contributed by atoms with Crippen LogP contribution in [0.5, 0.6) is 0 Å². The molecule has 0 heterocycles. The Bertz CT molecular complexity index is 331. The third kappa shape index (κ3) is 27.4. The van der Waals surface area contributed by atoms with Crippen LogP contribution in [0.25, 0.3) is 0 Å². The van der Waals surface area contributed by atoms with Crippen LogP contribution in [0, 0.1) is 0 Å². The Hall–Kier alpha value is -1.40. The summed E-state index contributed by atoms with van der Waals surface area (Å²) in [5, 5.41) is 19.8. The van der Waals surface area contributed by atoms with Crippen molar-refractivity contribution in [2.75, 3.05) is 26.3 Å². The Morgan fingerprint density at radius 1 is 0.846 bits per heavy atom. The van der Waals surface area contributed by atoms with Gasteiger partial charge in [0.25, 0.3) is 0 Å². The van der Waals surface area contributed by atoms with Gasteiger partial charge in [0.1, 0.15) is 0 Å². The van der Waals surface area contributed by atoms with E-state index in [4.69, 9.17) is 10.2 Å². The molecular formula is C20H39NO5. The van der Waals surface area contributed by atoms with Crippen molar-refractivity contribution in [3.8, 4) is 0 Å². The maximum absolute atomic E-state index is 10.4. The number of hydrogen-bond acceptors (Lipinski definition) is 5. The minimum Gasteiger partial charge on any atom is -0.478 e. The van der Waals surface area contributed by atoms with E-state index < -0.39 is 11.9 Å². The molecule has 0 aromatic carbocycles. The van der Waals surface area contributed by atoms with Gasteiger partial charge >= 0.3 is 11.9 Å². The van der Waals surface area contributed by atoms with Gasteiger partial charge in [-0.25, -0.2) is 9.59 Å². The van der Waals surface area contributed by atoms with E-state index in [1.165, 1.54) is 64.2 Å². The lowest BCUT2D eigenvalue weighted by molar-refractivity contribution is -0.138. The van der Waals surface area contributed by atoms with E-state index in [-0.39, 0.29) is 13.2 Å². The molecule has 0 atom stereocenters. The molecule has 0 aliphatic carbocycles. The fourth-order valence-electron chi connectivity index (χ4n) is 2.27. The van der Waals surface area contributed by atoms with Crippen LogP contribution in [0.1, 0.15) is 78.1 Å². The molecule has 0 saturated carbocycles. The fraction of sp³-hybridized carbons (Fsp3) is 0.800. The number of carbonyl (C=O) groups is 2. The molecule has 0 rings (SSSR count). The number of aliphatic hydroxyl groups excluding tert-OH is 1. The standard InChI is InChI=1S/C14H31NO.C6H8O4/c1-2-3-4-5-6-7-8-9-10-11-12-15-13-14-16;1-2-10-6(9)4-3-5(7)8/h15-16H,2-14H2,1H3;3-4H,2H2,1H3,(H,7,8). The van der Waals surface area contributed by atoms with Crippen molar-refractivity contribution in [2.45, 2.75) is 78.1 Å². The van der Waals surface area contributed by atoms with E-state index in [0.29, 0.717) is 0 Å². The van der Waals surface area contributed by atoms with E-state index >= 15 is 0 Å². The largest absolute Gasteiger partial charge is 0.478 e. The number of carbonyl (C=O) groups excluding carboxylic acids is 1. The summed E-state index contributed by atoms with van der Waals surface area (Å²) in [6.07, 6.45) is 15.5. The van der Waals surface area contributed by atoms with Crippen LogP contribution in [0.2, 0.25) is 0 Å². The molecule has 0 fully saturated rings. The number of rotatable bonds is 16. The Morgan fingerprint density at radius 3 is 1.85 bits per heavy atom. The maximum Gasteiger partial charge on any atom is 0.330 e. The lowest BCUT2D eigenvalue weighted by Gasteiger charge is -2.03. The summed E-state index contributed by atoms with van der Waals surface area (Å²) < 4.78 is 4.40. The second kappa shape index (κ2) is 23.6. The van der Waals surface area contributed by atoms with Crippen molar-refractivity contribution in [2.24, 2.45) is 0 Å². The van der Waals surface area contributed by atoms with Gasteiger partial charge in [-0.3, -0.25) is 0 Å². The third-order valence-electron chi connectivity index (χ3n) is 3.64. The van der Waals surface area contributed by atoms with Gasteiger partial charge in [-0.2, -0.15) is 0 Å². The van der Waals surface area contributed by atoms with Crippen molar-refractivity contribution in [3.63, 3.8) is 0 Å². The molecule has 154 valence electrons. The topological polar surface area (TPSA) is 95.9 Å². The number of nitrogens with one attached hydrogen (secondary N) is 1. The number of aliphatic hydroxyl groups is 1. The highest BCUT2D eigenvalue weighted by molar-refractivity contribution is 5.90. The van der Waals surface area contributed by atoms with Gasteiger partial charge in [-0.15, -0.1) is 0 Å². The van der Waals surface area contributed by atoms with Crippen molar-refractivity contribution >= 4 is 11.9 Å². The van der Waals surface area contributed by atoms with Crippen LogP contribution in [0.15, 0.2) is 12.2 Å². The predicted octanol–water partition coefficient (Wildman–Crippen LogP) is 3.68. The Kier molecular flexibility index (Phi) is 24.3. The van der Waals surface area contributed by atoms with E-state index in [2.05, 4.69) is 17.0 Å². The number of aliphatic carboxylic acids is 1. The molecular weight excluding hydrogens is 334 g/mol. The molecule has 0 aliphatic heterocycles. The summed E-state index contributed by atoms with van der Waals surface area (Å²) in [5.74, 6) is -1.79. The van der Waals surface area contributed by atoms with Gasteiger partial charge in [0.05, 0.1) is 13.2 Å². The highest BCUT2D eigenvalue weighted by Gasteiger charge is 1.94. The SMILES string of the molecule is CCCCCCCCCCCCNCCO.CCOC(=O)C=CC(=O)O. The van der Waals surface area contributed by atoms with Crippen molar-refractivity contribution in [1.29, 1.82) is 0 Å². The number of hydrogen-bond donors (Lipinski definition) is 3. The number of ether oxygens (including phenoxy) is 1. The molecule has 26 heavy (non-hydrogen) atoms. The van der Waals surface area contributed by atoms with Crippen LogP contribution < -0.4 is 5.32 Å². The molecule has 0 spiro atoms. The Balaban J connectivity index is 0. The van der Waals surface area contributed by atoms with E-state index in [0.717, 1.165) is 25.2 Å².